The summed E-state index contributed by atoms with van der Waals surface area (Å²) < 4.78 is 7.33. The lowest BCUT2D eigenvalue weighted by molar-refractivity contribution is 0.106. The van der Waals surface area contributed by atoms with Gasteiger partial charge in [-0.1, -0.05) is 17.7 Å². The van der Waals surface area contributed by atoms with Gasteiger partial charge >= 0.3 is 0 Å². The highest BCUT2D eigenvalue weighted by atomic mass is 35.5. The van der Waals surface area contributed by atoms with Gasteiger partial charge in [-0.15, -0.1) is 0 Å². The molecule has 0 bridgehead atoms. The van der Waals surface area contributed by atoms with Gasteiger partial charge < -0.3 is 15.2 Å². The third-order valence-corrected chi connectivity index (χ3v) is 3.33. The second-order valence-electron chi connectivity index (χ2n) is 4.82. The van der Waals surface area contributed by atoms with Crippen LogP contribution in [0.3, 0.4) is 0 Å². The van der Waals surface area contributed by atoms with E-state index in [1.807, 2.05) is 29.9 Å². The lowest BCUT2D eigenvalue weighted by Gasteiger charge is -2.13. The van der Waals surface area contributed by atoms with Crippen molar-refractivity contribution < 1.29 is 9.84 Å². The number of benzene rings is 1. The molecule has 21 heavy (non-hydrogen) atoms. The minimum absolute atomic E-state index is 0.235. The van der Waals surface area contributed by atoms with E-state index in [9.17, 15) is 5.11 Å². The van der Waals surface area contributed by atoms with Crippen molar-refractivity contribution in [3.8, 4) is 5.75 Å². The van der Waals surface area contributed by atoms with Gasteiger partial charge in [-0.3, -0.25) is 4.68 Å². The second kappa shape index (κ2) is 8.02. The molecule has 1 atom stereocenters. The molecule has 0 saturated carbocycles. The van der Waals surface area contributed by atoms with Crippen LogP contribution in [0.2, 0.25) is 5.02 Å². The minimum Gasteiger partial charge on any atom is -0.491 e. The average molecular weight is 310 g/mol. The Morgan fingerprint density at radius 1 is 1.43 bits per heavy atom. The number of nitrogens with one attached hydrogen (secondary N) is 1. The molecule has 5 nitrogen and oxygen atoms in total. The summed E-state index contributed by atoms with van der Waals surface area (Å²) in [5, 5.41) is 17.8. The Morgan fingerprint density at radius 2 is 2.29 bits per heavy atom. The van der Waals surface area contributed by atoms with Crippen molar-refractivity contribution in [2.24, 2.45) is 7.05 Å². The van der Waals surface area contributed by atoms with Crippen molar-refractivity contribution in [1.82, 2.24) is 15.1 Å². The third kappa shape index (κ3) is 5.38. The fourth-order valence-electron chi connectivity index (χ4n) is 1.94. The van der Waals surface area contributed by atoms with E-state index in [2.05, 4.69) is 10.4 Å². The van der Waals surface area contributed by atoms with Crippen molar-refractivity contribution in [2.75, 3.05) is 19.7 Å². The van der Waals surface area contributed by atoms with Gasteiger partial charge in [0.1, 0.15) is 18.5 Å². The third-order valence-electron chi connectivity index (χ3n) is 3.10. The average Bonchev–Trinajstić information content (AvgIpc) is 2.87. The molecule has 2 N–H and O–H groups in total. The van der Waals surface area contributed by atoms with Crippen molar-refractivity contribution in [1.29, 1.82) is 0 Å². The van der Waals surface area contributed by atoms with Crippen LogP contribution in [-0.2, 0) is 13.5 Å². The Bertz CT molecular complexity index is 559. The van der Waals surface area contributed by atoms with E-state index < -0.39 is 6.10 Å². The Morgan fingerprint density at radius 3 is 3.00 bits per heavy atom. The summed E-state index contributed by atoms with van der Waals surface area (Å²) in [6.45, 7) is 1.51. The molecule has 0 aliphatic carbocycles. The molecule has 0 saturated heterocycles. The Balaban J connectivity index is 1.61. The monoisotopic (exact) mass is 309 g/mol. The van der Waals surface area contributed by atoms with Crippen LogP contribution < -0.4 is 10.1 Å². The number of hydrogen-bond acceptors (Lipinski definition) is 4. The summed E-state index contributed by atoms with van der Waals surface area (Å²) in [4.78, 5) is 0. The van der Waals surface area contributed by atoms with Crippen LogP contribution in [0.1, 0.15) is 5.69 Å². The first-order valence-electron chi connectivity index (χ1n) is 6.89. The number of aliphatic hydroxyl groups excluding tert-OH is 1. The molecule has 1 unspecified atom stereocenters. The summed E-state index contributed by atoms with van der Waals surface area (Å²) in [5.41, 5.74) is 1.16. The van der Waals surface area contributed by atoms with Crippen molar-refractivity contribution in [3.05, 3.63) is 47.2 Å². The van der Waals surface area contributed by atoms with Crippen LogP contribution >= 0.6 is 11.6 Å². The number of aliphatic hydroxyl groups is 1. The normalized spacial score (nSPS) is 12.3. The van der Waals surface area contributed by atoms with Crippen molar-refractivity contribution in [3.63, 3.8) is 0 Å². The van der Waals surface area contributed by atoms with Crippen LogP contribution in [-0.4, -0.2) is 40.7 Å². The van der Waals surface area contributed by atoms with Gasteiger partial charge in [0, 0.05) is 43.5 Å². The number of aromatic nitrogens is 2. The largest absolute Gasteiger partial charge is 0.491 e. The van der Waals surface area contributed by atoms with Crippen molar-refractivity contribution >= 4 is 11.6 Å². The van der Waals surface area contributed by atoms with Crippen LogP contribution in [0, 0.1) is 0 Å². The van der Waals surface area contributed by atoms with Gasteiger partial charge in [-0.25, -0.2) is 0 Å². The molecule has 0 radical (unpaired) electrons. The fraction of sp³-hybridized carbons (Fsp3) is 0.400. The number of aryl methyl sites for hydroxylation is 1. The maximum Gasteiger partial charge on any atom is 0.120 e. The van der Waals surface area contributed by atoms with E-state index in [1.165, 1.54) is 0 Å². The molecule has 1 aromatic heterocycles. The number of rotatable bonds is 8. The zero-order valence-corrected chi connectivity index (χ0v) is 12.8. The second-order valence-corrected chi connectivity index (χ2v) is 5.26. The molecule has 114 valence electrons. The van der Waals surface area contributed by atoms with E-state index in [0.717, 1.165) is 18.7 Å². The highest BCUT2D eigenvalue weighted by Crippen LogP contribution is 2.17. The van der Waals surface area contributed by atoms with Gasteiger partial charge in [-0.2, -0.15) is 5.10 Å². The van der Waals surface area contributed by atoms with E-state index in [0.29, 0.717) is 17.3 Å². The first-order valence-corrected chi connectivity index (χ1v) is 7.27. The molecule has 2 aromatic rings. The van der Waals surface area contributed by atoms with E-state index in [4.69, 9.17) is 16.3 Å². The number of hydrogen-bond donors (Lipinski definition) is 2. The highest BCUT2D eigenvalue weighted by Gasteiger charge is 2.05. The van der Waals surface area contributed by atoms with Gasteiger partial charge in [-0.05, 0) is 24.3 Å². The molecule has 6 heteroatoms. The smallest absolute Gasteiger partial charge is 0.120 e. The van der Waals surface area contributed by atoms with Gasteiger partial charge in [0.25, 0.3) is 0 Å². The zero-order chi connectivity index (χ0) is 15.1. The molecule has 1 heterocycles. The first-order chi connectivity index (χ1) is 10.1. The topological polar surface area (TPSA) is 59.3 Å². The zero-order valence-electron chi connectivity index (χ0n) is 12.0. The number of halogens is 1. The van der Waals surface area contributed by atoms with Gasteiger partial charge in [0.05, 0.1) is 0 Å². The molecule has 0 aliphatic rings. The Kier molecular flexibility index (Phi) is 6.04. The van der Waals surface area contributed by atoms with Crippen LogP contribution in [0.5, 0.6) is 5.75 Å². The lowest BCUT2D eigenvalue weighted by Crippen LogP contribution is -2.32. The Labute approximate surface area is 129 Å². The SMILES string of the molecule is Cn1nccc1CCNCC(O)COc1cccc(Cl)c1. The van der Waals surface area contributed by atoms with Crippen LogP contribution in [0.15, 0.2) is 36.5 Å². The Hall–Kier alpha value is -1.56. The van der Waals surface area contributed by atoms with Crippen molar-refractivity contribution in [2.45, 2.75) is 12.5 Å². The molecular weight excluding hydrogens is 290 g/mol. The summed E-state index contributed by atoms with van der Waals surface area (Å²) in [5.74, 6) is 0.663. The van der Waals surface area contributed by atoms with Gasteiger partial charge in [0.15, 0.2) is 0 Å². The lowest BCUT2D eigenvalue weighted by atomic mass is 10.3. The number of nitrogens with zero attached hydrogens (tertiary/aromatic N) is 2. The fourth-order valence-corrected chi connectivity index (χ4v) is 2.12. The minimum atomic E-state index is -0.560. The van der Waals surface area contributed by atoms with E-state index in [1.54, 1.807) is 18.3 Å². The first kappa shape index (κ1) is 15.8. The summed E-state index contributed by atoms with van der Waals surface area (Å²) in [7, 11) is 1.92. The summed E-state index contributed by atoms with van der Waals surface area (Å²) >= 11 is 5.86. The molecule has 0 aliphatic heterocycles. The van der Waals surface area contributed by atoms with E-state index >= 15 is 0 Å². The molecule has 0 spiro atoms. The van der Waals surface area contributed by atoms with Crippen LogP contribution in [0.25, 0.3) is 0 Å². The van der Waals surface area contributed by atoms with Gasteiger partial charge in [0.2, 0.25) is 0 Å². The highest BCUT2D eigenvalue weighted by molar-refractivity contribution is 6.30. The number of ether oxygens (including phenoxy) is 1. The summed E-state index contributed by atoms with van der Waals surface area (Å²) in [6.07, 6.45) is 2.09. The molecule has 1 aromatic carbocycles. The molecular formula is C15H20ClN3O2. The summed E-state index contributed by atoms with van der Waals surface area (Å²) in [6, 6.07) is 9.12. The molecule has 0 amide bonds. The maximum atomic E-state index is 9.85. The molecule has 2 rings (SSSR count). The maximum absolute atomic E-state index is 9.85. The predicted molar refractivity (Wildman–Crippen MR) is 82.7 cm³/mol. The quantitative estimate of drug-likeness (QED) is 0.728. The van der Waals surface area contributed by atoms with Crippen LogP contribution in [0.4, 0.5) is 0 Å². The van der Waals surface area contributed by atoms with E-state index in [-0.39, 0.29) is 6.61 Å². The predicted octanol–water partition coefficient (Wildman–Crippen LogP) is 1.65. The molecule has 0 fully saturated rings. The standard InChI is InChI=1S/C15H20ClN3O2/c1-19-13(6-8-18-19)5-7-17-10-14(20)11-21-15-4-2-3-12(16)9-15/h2-4,6,8-9,14,17,20H,5,7,10-11H2,1H3.